The molecule has 1 amide bonds. The van der Waals surface area contributed by atoms with Gasteiger partial charge in [-0.05, 0) is 49.2 Å². The first-order chi connectivity index (χ1) is 13.1. The number of hydrogen-bond acceptors (Lipinski definition) is 4. The average molecular weight is 387 g/mol. The van der Waals surface area contributed by atoms with Crippen molar-refractivity contribution in [2.45, 2.75) is 24.3 Å². The number of carbonyl (C=O) groups is 1. The molecule has 1 aliphatic heterocycles. The molecule has 1 heterocycles. The van der Waals surface area contributed by atoms with Gasteiger partial charge >= 0.3 is 0 Å². The van der Waals surface area contributed by atoms with Crippen LogP contribution in [0.25, 0.3) is 6.08 Å². The van der Waals surface area contributed by atoms with E-state index in [1.807, 2.05) is 19.1 Å². The Bertz CT molecular complexity index is 882. The molecule has 0 bridgehead atoms. The lowest BCUT2D eigenvalue weighted by molar-refractivity contribution is 0.0934. The molecule has 142 valence electrons. The van der Waals surface area contributed by atoms with Gasteiger partial charge in [-0.1, -0.05) is 12.2 Å². The lowest BCUT2D eigenvalue weighted by atomic mass is 10.0. The lowest BCUT2D eigenvalue weighted by Crippen LogP contribution is -2.30. The number of halogens is 1. The highest BCUT2D eigenvalue weighted by Gasteiger charge is 2.24. The monoisotopic (exact) mass is 387 g/mol. The molecular weight excluding hydrogens is 365 g/mol. The largest absolute Gasteiger partial charge is 0.493 e. The summed E-state index contributed by atoms with van der Waals surface area (Å²) < 4.78 is 24.5. The molecule has 2 aromatic carbocycles. The molecule has 4 nitrogen and oxygen atoms in total. The highest BCUT2D eigenvalue weighted by atomic mass is 32.2. The summed E-state index contributed by atoms with van der Waals surface area (Å²) in [5.74, 6) is 1.42. The summed E-state index contributed by atoms with van der Waals surface area (Å²) in [6.07, 6.45) is 4.48. The summed E-state index contributed by atoms with van der Waals surface area (Å²) in [4.78, 5) is 13.9. The van der Waals surface area contributed by atoms with Gasteiger partial charge in [0.1, 0.15) is 5.82 Å². The summed E-state index contributed by atoms with van der Waals surface area (Å²) >= 11 is 1.68. The van der Waals surface area contributed by atoms with Crippen LogP contribution in [0.2, 0.25) is 0 Å². The predicted octanol–water partition coefficient (Wildman–Crippen LogP) is 4.84. The quantitative estimate of drug-likeness (QED) is 0.797. The average Bonchev–Trinajstić information content (AvgIpc) is 2.68. The van der Waals surface area contributed by atoms with E-state index in [0.717, 1.165) is 28.2 Å². The van der Waals surface area contributed by atoms with Gasteiger partial charge in [0.25, 0.3) is 5.91 Å². The van der Waals surface area contributed by atoms with E-state index in [4.69, 9.17) is 9.47 Å². The smallest absolute Gasteiger partial charge is 0.251 e. The molecule has 3 rings (SSSR count). The van der Waals surface area contributed by atoms with Crippen molar-refractivity contribution in [1.29, 1.82) is 0 Å². The Hall–Kier alpha value is -2.47. The fourth-order valence-corrected chi connectivity index (χ4v) is 4.29. The molecule has 1 atom stereocenters. The molecule has 0 aromatic heterocycles. The normalized spacial score (nSPS) is 16.1. The van der Waals surface area contributed by atoms with Crippen LogP contribution in [0, 0.1) is 5.82 Å². The number of benzene rings is 2. The molecule has 0 saturated heterocycles. The molecule has 27 heavy (non-hydrogen) atoms. The van der Waals surface area contributed by atoms with Gasteiger partial charge in [0, 0.05) is 21.8 Å². The molecule has 0 radical (unpaired) electrons. The molecule has 1 aliphatic rings. The van der Waals surface area contributed by atoms with Crippen LogP contribution in [-0.4, -0.2) is 25.9 Å². The third-order valence-corrected chi connectivity index (χ3v) is 5.56. The second kappa shape index (κ2) is 8.48. The number of ether oxygens (including phenoxy) is 2. The first kappa shape index (κ1) is 19.3. The second-order valence-electron chi connectivity index (χ2n) is 6.15. The first-order valence-corrected chi connectivity index (χ1v) is 9.67. The number of nitrogens with one attached hydrogen (secondary N) is 1. The number of thioether (sulfide) groups is 1. The van der Waals surface area contributed by atoms with Crippen molar-refractivity contribution in [3.63, 3.8) is 0 Å². The van der Waals surface area contributed by atoms with Crippen LogP contribution in [0.15, 0.2) is 41.3 Å². The highest BCUT2D eigenvalue weighted by Crippen LogP contribution is 2.37. The zero-order valence-electron chi connectivity index (χ0n) is 15.5. The van der Waals surface area contributed by atoms with E-state index in [1.165, 1.54) is 19.2 Å². The van der Waals surface area contributed by atoms with Gasteiger partial charge in [-0.15, -0.1) is 11.8 Å². The Labute approximate surface area is 162 Å². The summed E-state index contributed by atoms with van der Waals surface area (Å²) in [7, 11) is 3.10. The number of rotatable bonds is 5. The standard InChI is InChI=1S/C21H22FNO3S/c1-4-5-13-10-14(11-18(25-2)20(13)26-3)21(24)23-17-8-9-27-19-7-6-15(22)12-16(17)19/h4-7,10-12,17H,8-9H2,1-3H3,(H,23,24)/b5-4+. The van der Waals surface area contributed by atoms with E-state index in [9.17, 15) is 9.18 Å². The Morgan fingerprint density at radius 3 is 2.78 bits per heavy atom. The number of amides is 1. The van der Waals surface area contributed by atoms with Crippen molar-refractivity contribution < 1.29 is 18.7 Å². The Morgan fingerprint density at radius 1 is 1.26 bits per heavy atom. The Balaban J connectivity index is 1.91. The molecule has 0 fully saturated rings. The summed E-state index contributed by atoms with van der Waals surface area (Å²) in [5.41, 5.74) is 2.06. The van der Waals surface area contributed by atoms with Crippen molar-refractivity contribution in [2.24, 2.45) is 0 Å². The fraction of sp³-hybridized carbons (Fsp3) is 0.286. The zero-order valence-corrected chi connectivity index (χ0v) is 16.4. The van der Waals surface area contributed by atoms with Gasteiger partial charge in [-0.25, -0.2) is 4.39 Å². The van der Waals surface area contributed by atoms with E-state index in [0.29, 0.717) is 17.1 Å². The van der Waals surface area contributed by atoms with Crippen molar-refractivity contribution in [2.75, 3.05) is 20.0 Å². The van der Waals surface area contributed by atoms with Crippen molar-refractivity contribution in [3.05, 3.63) is 58.9 Å². The van der Waals surface area contributed by atoms with Crippen molar-refractivity contribution >= 4 is 23.7 Å². The van der Waals surface area contributed by atoms with E-state index >= 15 is 0 Å². The third-order valence-electron chi connectivity index (χ3n) is 4.43. The number of methoxy groups -OCH3 is 2. The van der Waals surface area contributed by atoms with E-state index in [-0.39, 0.29) is 17.8 Å². The van der Waals surface area contributed by atoms with Gasteiger partial charge in [-0.3, -0.25) is 4.79 Å². The van der Waals surface area contributed by atoms with Crippen molar-refractivity contribution in [3.8, 4) is 11.5 Å². The molecule has 6 heteroatoms. The van der Waals surface area contributed by atoms with Crippen LogP contribution in [0.4, 0.5) is 4.39 Å². The minimum Gasteiger partial charge on any atom is -0.493 e. The minimum absolute atomic E-state index is 0.220. The maximum Gasteiger partial charge on any atom is 0.251 e. The van der Waals surface area contributed by atoms with Crippen LogP contribution in [0.1, 0.15) is 40.9 Å². The third kappa shape index (κ3) is 4.11. The molecule has 0 spiro atoms. The molecule has 2 aromatic rings. The number of carbonyl (C=O) groups excluding carboxylic acids is 1. The van der Waals surface area contributed by atoms with Crippen molar-refractivity contribution in [1.82, 2.24) is 5.32 Å². The second-order valence-corrected chi connectivity index (χ2v) is 7.28. The topological polar surface area (TPSA) is 47.6 Å². The first-order valence-electron chi connectivity index (χ1n) is 8.69. The van der Waals surface area contributed by atoms with E-state index < -0.39 is 0 Å². The number of hydrogen-bond donors (Lipinski definition) is 1. The Kier molecular flexibility index (Phi) is 6.06. The minimum atomic E-state index is -0.294. The maximum atomic E-state index is 13.7. The number of allylic oxidation sites excluding steroid dienone is 1. The van der Waals surface area contributed by atoms with Gasteiger partial charge in [0.2, 0.25) is 0 Å². The Morgan fingerprint density at radius 2 is 2.07 bits per heavy atom. The van der Waals surface area contributed by atoms with Crippen LogP contribution in [0.5, 0.6) is 11.5 Å². The van der Waals surface area contributed by atoms with Gasteiger partial charge in [0.05, 0.1) is 20.3 Å². The summed E-state index contributed by atoms with van der Waals surface area (Å²) in [6.45, 7) is 1.89. The van der Waals surface area contributed by atoms with Crippen LogP contribution < -0.4 is 14.8 Å². The van der Waals surface area contributed by atoms with Gasteiger partial charge in [-0.2, -0.15) is 0 Å². The van der Waals surface area contributed by atoms with E-state index in [2.05, 4.69) is 5.32 Å². The SMILES string of the molecule is C/C=C/c1cc(C(=O)NC2CCSc3ccc(F)cc32)cc(OC)c1OC. The van der Waals surface area contributed by atoms with Crippen LogP contribution >= 0.6 is 11.8 Å². The predicted molar refractivity (Wildman–Crippen MR) is 106 cm³/mol. The van der Waals surface area contributed by atoms with Crippen LogP contribution in [0.3, 0.4) is 0 Å². The molecule has 0 saturated carbocycles. The van der Waals surface area contributed by atoms with Gasteiger partial charge in [0.15, 0.2) is 11.5 Å². The molecule has 0 aliphatic carbocycles. The molecular formula is C21H22FNO3S. The lowest BCUT2D eigenvalue weighted by Gasteiger charge is -2.26. The van der Waals surface area contributed by atoms with E-state index in [1.54, 1.807) is 37.1 Å². The van der Waals surface area contributed by atoms with Gasteiger partial charge < -0.3 is 14.8 Å². The van der Waals surface area contributed by atoms with Crippen LogP contribution in [-0.2, 0) is 0 Å². The zero-order chi connectivity index (χ0) is 19.4. The maximum absolute atomic E-state index is 13.7. The highest BCUT2D eigenvalue weighted by molar-refractivity contribution is 7.99. The number of fused-ring (bicyclic) bond motifs is 1. The summed E-state index contributed by atoms with van der Waals surface area (Å²) in [5, 5.41) is 3.04. The fourth-order valence-electron chi connectivity index (χ4n) is 3.19. The molecule has 1 N–H and O–H groups in total. The molecule has 1 unspecified atom stereocenters. The summed E-state index contributed by atoms with van der Waals surface area (Å²) in [6, 6.07) is 7.93.